The summed E-state index contributed by atoms with van der Waals surface area (Å²) < 4.78 is 0. The lowest BCUT2D eigenvalue weighted by Crippen LogP contribution is -2.56. The van der Waals surface area contributed by atoms with Crippen molar-refractivity contribution in [1.29, 1.82) is 0 Å². The second kappa shape index (κ2) is 3.90. The Balaban J connectivity index is 1.86. The normalized spacial score (nSPS) is 44.2. The summed E-state index contributed by atoms with van der Waals surface area (Å²) in [6.07, 6.45) is 7.41. The van der Waals surface area contributed by atoms with E-state index in [1.54, 1.807) is 0 Å². The molecule has 2 N–H and O–H groups in total. The number of phenolic OH excluding ortho intramolecular Hbond substituents is 2. The van der Waals surface area contributed by atoms with Gasteiger partial charge >= 0.3 is 0 Å². The molecule has 4 fully saturated rings. The molecular weight excluding hydrogens is 284 g/mol. The number of phenols is 2. The van der Waals surface area contributed by atoms with Gasteiger partial charge in [-0.3, -0.25) is 0 Å². The molecule has 2 atom stereocenters. The van der Waals surface area contributed by atoms with Gasteiger partial charge in [0.2, 0.25) is 0 Å². The molecule has 0 aromatic heterocycles. The minimum absolute atomic E-state index is 0.0277. The van der Waals surface area contributed by atoms with Gasteiger partial charge in [0.25, 0.3) is 0 Å². The van der Waals surface area contributed by atoms with Crippen molar-refractivity contribution in [3.05, 3.63) is 22.7 Å². The first-order valence-electron chi connectivity index (χ1n) is 7.95. The molecule has 3 heteroatoms. The fourth-order valence-electron chi connectivity index (χ4n) is 6.72. The zero-order valence-electron chi connectivity index (χ0n) is 12.7. The zero-order chi connectivity index (χ0) is 15.0. The number of hydrogen-bond donors (Lipinski definition) is 2. The third-order valence-corrected chi connectivity index (χ3v) is 6.57. The molecule has 114 valence electrons. The lowest BCUT2D eigenvalue weighted by Gasteiger charge is -2.65. The van der Waals surface area contributed by atoms with Crippen molar-refractivity contribution in [1.82, 2.24) is 0 Å². The van der Waals surface area contributed by atoms with E-state index in [1.807, 2.05) is 6.07 Å². The van der Waals surface area contributed by atoms with E-state index in [0.29, 0.717) is 15.9 Å². The number of rotatable bonds is 1. The second-order valence-corrected chi connectivity index (χ2v) is 9.14. The fourth-order valence-corrected chi connectivity index (χ4v) is 6.89. The van der Waals surface area contributed by atoms with Crippen LogP contribution in [0.4, 0.5) is 0 Å². The topological polar surface area (TPSA) is 40.5 Å². The Hall–Kier alpha value is -0.890. The van der Waals surface area contributed by atoms with Gasteiger partial charge in [-0.1, -0.05) is 25.4 Å². The van der Waals surface area contributed by atoms with Crippen molar-refractivity contribution in [2.75, 3.05) is 0 Å². The Kier molecular flexibility index (Phi) is 2.55. The SMILES string of the molecule is CC12CC3CC(C)(C1)CC(c1cc(Cl)c(O)cc1O)(C3)C2. The standard InChI is InChI=1S/C18H23ClO2/c1-16-5-11-6-17(2,8-16)10-18(7-11,9-16)12-3-13(19)15(21)4-14(12)20/h3-4,11,20-21H,5-10H2,1-2H3. The summed E-state index contributed by atoms with van der Waals surface area (Å²) in [6.45, 7) is 4.84. The molecule has 1 aromatic rings. The second-order valence-electron chi connectivity index (χ2n) is 8.73. The van der Waals surface area contributed by atoms with Gasteiger partial charge in [-0.15, -0.1) is 0 Å². The first kappa shape index (κ1) is 13.8. The highest BCUT2D eigenvalue weighted by atomic mass is 35.5. The first-order valence-corrected chi connectivity index (χ1v) is 8.33. The van der Waals surface area contributed by atoms with Crippen molar-refractivity contribution in [2.24, 2.45) is 16.7 Å². The van der Waals surface area contributed by atoms with Crippen molar-refractivity contribution >= 4 is 11.6 Å². The molecule has 0 amide bonds. The molecule has 0 heterocycles. The van der Waals surface area contributed by atoms with E-state index >= 15 is 0 Å². The number of halogens is 1. The molecule has 4 aliphatic rings. The molecular formula is C18H23ClO2. The molecule has 0 radical (unpaired) electrons. The van der Waals surface area contributed by atoms with Crippen molar-refractivity contribution in [3.63, 3.8) is 0 Å². The number of benzene rings is 1. The molecule has 0 spiro atoms. The van der Waals surface area contributed by atoms with Gasteiger partial charge in [0.1, 0.15) is 11.5 Å². The van der Waals surface area contributed by atoms with Crippen LogP contribution in [-0.2, 0) is 5.41 Å². The molecule has 2 unspecified atom stereocenters. The van der Waals surface area contributed by atoms with Gasteiger partial charge in [0.15, 0.2) is 0 Å². The van der Waals surface area contributed by atoms with E-state index in [-0.39, 0.29) is 16.9 Å². The van der Waals surface area contributed by atoms with E-state index in [2.05, 4.69) is 13.8 Å². The van der Waals surface area contributed by atoms with Crippen LogP contribution in [0.2, 0.25) is 5.02 Å². The van der Waals surface area contributed by atoms with Gasteiger partial charge < -0.3 is 10.2 Å². The van der Waals surface area contributed by atoms with Crippen LogP contribution in [0.5, 0.6) is 11.5 Å². The van der Waals surface area contributed by atoms with E-state index < -0.39 is 0 Å². The summed E-state index contributed by atoms with van der Waals surface area (Å²) in [7, 11) is 0. The molecule has 4 saturated carbocycles. The lowest BCUT2D eigenvalue weighted by molar-refractivity contribution is -0.110. The summed E-state index contributed by atoms with van der Waals surface area (Å²) in [5, 5.41) is 20.5. The van der Waals surface area contributed by atoms with Crippen LogP contribution in [0, 0.1) is 16.7 Å². The smallest absolute Gasteiger partial charge is 0.137 e. The van der Waals surface area contributed by atoms with Gasteiger partial charge in [-0.05, 0) is 61.3 Å². The summed E-state index contributed by atoms with van der Waals surface area (Å²) in [5.74, 6) is 0.953. The van der Waals surface area contributed by atoms with E-state index in [0.717, 1.165) is 30.7 Å². The van der Waals surface area contributed by atoms with E-state index in [9.17, 15) is 10.2 Å². The van der Waals surface area contributed by atoms with Crippen LogP contribution >= 0.6 is 11.6 Å². The van der Waals surface area contributed by atoms with E-state index in [1.165, 1.54) is 25.3 Å². The largest absolute Gasteiger partial charge is 0.508 e. The molecule has 21 heavy (non-hydrogen) atoms. The number of aromatic hydroxyl groups is 2. The van der Waals surface area contributed by atoms with E-state index in [4.69, 9.17) is 11.6 Å². The van der Waals surface area contributed by atoms with Crippen molar-refractivity contribution in [2.45, 2.75) is 57.8 Å². The molecule has 0 aliphatic heterocycles. The maximum absolute atomic E-state index is 10.4. The van der Waals surface area contributed by atoms with Gasteiger partial charge in [0, 0.05) is 17.0 Å². The quantitative estimate of drug-likeness (QED) is 0.766. The van der Waals surface area contributed by atoms with Gasteiger partial charge in [-0.2, -0.15) is 0 Å². The Morgan fingerprint density at radius 3 is 2.14 bits per heavy atom. The Morgan fingerprint density at radius 1 is 0.952 bits per heavy atom. The third-order valence-electron chi connectivity index (χ3n) is 6.26. The fraction of sp³-hybridized carbons (Fsp3) is 0.667. The molecule has 2 nitrogen and oxygen atoms in total. The zero-order valence-corrected chi connectivity index (χ0v) is 13.5. The highest BCUT2D eigenvalue weighted by Gasteiger charge is 2.61. The van der Waals surface area contributed by atoms with Crippen LogP contribution < -0.4 is 0 Å². The first-order chi connectivity index (χ1) is 9.73. The Morgan fingerprint density at radius 2 is 1.57 bits per heavy atom. The molecule has 1 aromatic carbocycles. The summed E-state index contributed by atoms with van der Waals surface area (Å²) in [6, 6.07) is 3.23. The molecule has 5 rings (SSSR count). The average Bonchev–Trinajstić information content (AvgIpc) is 2.28. The Bertz CT molecular complexity index is 606. The van der Waals surface area contributed by atoms with Crippen LogP contribution in [0.3, 0.4) is 0 Å². The Labute approximate surface area is 131 Å². The van der Waals surface area contributed by atoms with Crippen molar-refractivity contribution in [3.8, 4) is 11.5 Å². The van der Waals surface area contributed by atoms with Crippen LogP contribution in [-0.4, -0.2) is 10.2 Å². The number of hydrogen-bond acceptors (Lipinski definition) is 2. The minimum Gasteiger partial charge on any atom is -0.508 e. The maximum atomic E-state index is 10.4. The molecule has 4 bridgehead atoms. The van der Waals surface area contributed by atoms with Crippen LogP contribution in [0.15, 0.2) is 12.1 Å². The monoisotopic (exact) mass is 306 g/mol. The predicted octanol–water partition coefficient (Wildman–Crippen LogP) is 5.00. The van der Waals surface area contributed by atoms with Crippen molar-refractivity contribution < 1.29 is 10.2 Å². The third kappa shape index (κ3) is 1.91. The van der Waals surface area contributed by atoms with Crippen LogP contribution in [0.1, 0.15) is 57.9 Å². The average molecular weight is 307 g/mol. The predicted molar refractivity (Wildman–Crippen MR) is 83.9 cm³/mol. The maximum Gasteiger partial charge on any atom is 0.137 e. The van der Waals surface area contributed by atoms with Gasteiger partial charge in [0.05, 0.1) is 5.02 Å². The lowest BCUT2D eigenvalue weighted by atomic mass is 9.39. The molecule has 0 saturated heterocycles. The minimum atomic E-state index is -0.0277. The highest BCUT2D eigenvalue weighted by Crippen LogP contribution is 2.70. The molecule has 4 aliphatic carbocycles. The summed E-state index contributed by atoms with van der Waals surface area (Å²) in [5.41, 5.74) is 1.80. The van der Waals surface area contributed by atoms with Crippen LogP contribution in [0.25, 0.3) is 0 Å². The van der Waals surface area contributed by atoms with Gasteiger partial charge in [-0.25, -0.2) is 0 Å². The highest BCUT2D eigenvalue weighted by molar-refractivity contribution is 6.32. The summed E-state index contributed by atoms with van der Waals surface area (Å²) in [4.78, 5) is 0. The summed E-state index contributed by atoms with van der Waals surface area (Å²) >= 11 is 6.13.